The second-order valence-corrected chi connectivity index (χ2v) is 5.80. The SMILES string of the molecule is Cc1cc(N)ccc1-c1nc2cc(C(F)(F)F)ccc2s1. The lowest BCUT2D eigenvalue weighted by Crippen LogP contribution is -2.03. The molecule has 0 aliphatic carbocycles. The summed E-state index contributed by atoms with van der Waals surface area (Å²) in [6, 6.07) is 9.05. The average molecular weight is 308 g/mol. The van der Waals surface area contributed by atoms with Crippen LogP contribution in [0.4, 0.5) is 18.9 Å². The van der Waals surface area contributed by atoms with Crippen molar-refractivity contribution in [1.82, 2.24) is 4.98 Å². The molecule has 0 radical (unpaired) electrons. The summed E-state index contributed by atoms with van der Waals surface area (Å²) in [6.45, 7) is 1.90. The first-order chi connectivity index (χ1) is 9.84. The molecule has 6 heteroatoms. The molecule has 0 aliphatic heterocycles. The van der Waals surface area contributed by atoms with Gasteiger partial charge in [0.05, 0.1) is 15.8 Å². The fourth-order valence-corrected chi connectivity index (χ4v) is 3.18. The predicted octanol–water partition coefficient (Wildman–Crippen LogP) is 4.87. The number of anilines is 1. The van der Waals surface area contributed by atoms with Crippen molar-refractivity contribution >= 4 is 27.2 Å². The van der Waals surface area contributed by atoms with Gasteiger partial charge in [-0.1, -0.05) is 0 Å². The van der Waals surface area contributed by atoms with Crippen LogP contribution in [-0.2, 0) is 6.18 Å². The number of fused-ring (bicyclic) bond motifs is 1. The van der Waals surface area contributed by atoms with E-state index in [1.54, 1.807) is 6.07 Å². The summed E-state index contributed by atoms with van der Waals surface area (Å²) in [5, 5.41) is 0.696. The van der Waals surface area contributed by atoms with E-state index in [0.29, 0.717) is 16.2 Å². The van der Waals surface area contributed by atoms with E-state index in [9.17, 15) is 13.2 Å². The van der Waals surface area contributed by atoms with Gasteiger partial charge in [-0.2, -0.15) is 13.2 Å². The molecule has 0 spiro atoms. The molecule has 1 aromatic heterocycles. The fourth-order valence-electron chi connectivity index (χ4n) is 2.15. The number of hydrogen-bond donors (Lipinski definition) is 1. The first-order valence-electron chi connectivity index (χ1n) is 6.19. The van der Waals surface area contributed by atoms with E-state index in [4.69, 9.17) is 5.73 Å². The molecule has 2 aromatic carbocycles. The van der Waals surface area contributed by atoms with Crippen molar-refractivity contribution in [3.05, 3.63) is 47.5 Å². The zero-order valence-corrected chi connectivity index (χ0v) is 11.8. The third-order valence-electron chi connectivity index (χ3n) is 3.20. The van der Waals surface area contributed by atoms with Gasteiger partial charge in [0.1, 0.15) is 5.01 Å². The summed E-state index contributed by atoms with van der Waals surface area (Å²) in [4.78, 5) is 4.33. The molecule has 0 saturated carbocycles. The zero-order chi connectivity index (χ0) is 15.2. The van der Waals surface area contributed by atoms with Crippen LogP contribution in [0.5, 0.6) is 0 Å². The lowest BCUT2D eigenvalue weighted by atomic mass is 10.1. The quantitative estimate of drug-likeness (QED) is 0.651. The number of aryl methyl sites for hydroxylation is 1. The van der Waals surface area contributed by atoms with Crippen molar-refractivity contribution in [1.29, 1.82) is 0 Å². The maximum absolute atomic E-state index is 12.7. The highest BCUT2D eigenvalue weighted by atomic mass is 32.1. The van der Waals surface area contributed by atoms with Crippen LogP contribution in [0.2, 0.25) is 0 Å². The maximum atomic E-state index is 12.7. The first kappa shape index (κ1) is 13.9. The lowest BCUT2D eigenvalue weighted by Gasteiger charge is -2.04. The monoisotopic (exact) mass is 308 g/mol. The molecular weight excluding hydrogens is 297 g/mol. The average Bonchev–Trinajstić information content (AvgIpc) is 2.79. The molecular formula is C15H11F3N2S. The zero-order valence-electron chi connectivity index (χ0n) is 11.0. The van der Waals surface area contributed by atoms with Gasteiger partial charge >= 0.3 is 6.18 Å². The van der Waals surface area contributed by atoms with Gasteiger partial charge in [0.2, 0.25) is 0 Å². The highest BCUT2D eigenvalue weighted by molar-refractivity contribution is 7.21. The number of nitrogens with zero attached hydrogens (tertiary/aromatic N) is 1. The van der Waals surface area contributed by atoms with E-state index in [2.05, 4.69) is 4.98 Å². The van der Waals surface area contributed by atoms with E-state index in [1.165, 1.54) is 17.4 Å². The standard InChI is InChI=1S/C15H11F3N2S/c1-8-6-10(19)3-4-11(8)14-20-12-7-9(15(16,17)18)2-5-13(12)21-14/h2-7H,19H2,1H3. The van der Waals surface area contributed by atoms with Crippen LogP contribution >= 0.6 is 11.3 Å². The van der Waals surface area contributed by atoms with Crippen molar-refractivity contribution in [2.24, 2.45) is 0 Å². The second kappa shape index (κ2) is 4.73. The molecule has 21 heavy (non-hydrogen) atoms. The Morgan fingerprint density at radius 2 is 1.86 bits per heavy atom. The minimum absolute atomic E-state index is 0.362. The van der Waals surface area contributed by atoms with Crippen molar-refractivity contribution in [2.75, 3.05) is 5.73 Å². The molecule has 3 aromatic rings. The molecule has 0 unspecified atom stereocenters. The van der Waals surface area contributed by atoms with Gasteiger partial charge in [-0.15, -0.1) is 11.3 Å². The van der Waals surface area contributed by atoms with Gasteiger partial charge < -0.3 is 5.73 Å². The van der Waals surface area contributed by atoms with Gasteiger partial charge in [-0.05, 0) is 48.9 Å². The number of hydrogen-bond acceptors (Lipinski definition) is 3. The number of halogens is 3. The number of benzene rings is 2. The van der Waals surface area contributed by atoms with E-state index < -0.39 is 11.7 Å². The highest BCUT2D eigenvalue weighted by Gasteiger charge is 2.30. The molecule has 2 nitrogen and oxygen atoms in total. The summed E-state index contributed by atoms with van der Waals surface area (Å²) in [7, 11) is 0. The van der Waals surface area contributed by atoms with E-state index in [0.717, 1.165) is 28.0 Å². The fraction of sp³-hybridized carbons (Fsp3) is 0.133. The Hall–Kier alpha value is -2.08. The molecule has 2 N–H and O–H groups in total. The van der Waals surface area contributed by atoms with Gasteiger partial charge in [0, 0.05) is 11.3 Å². The van der Waals surface area contributed by atoms with Gasteiger partial charge in [-0.25, -0.2) is 4.98 Å². The Morgan fingerprint density at radius 3 is 2.52 bits per heavy atom. The normalized spacial score (nSPS) is 12.0. The number of nitrogens with two attached hydrogens (primary N) is 1. The van der Waals surface area contributed by atoms with Crippen molar-refractivity contribution in [3.8, 4) is 10.6 Å². The Balaban J connectivity index is 2.13. The smallest absolute Gasteiger partial charge is 0.399 e. The number of thiazole rings is 1. The van der Waals surface area contributed by atoms with Gasteiger partial charge in [-0.3, -0.25) is 0 Å². The largest absolute Gasteiger partial charge is 0.416 e. The summed E-state index contributed by atoms with van der Waals surface area (Å²) in [5.74, 6) is 0. The summed E-state index contributed by atoms with van der Waals surface area (Å²) in [5.41, 5.74) is 7.88. The Kier molecular flexibility index (Phi) is 3.13. The van der Waals surface area contributed by atoms with Crippen LogP contribution in [-0.4, -0.2) is 4.98 Å². The van der Waals surface area contributed by atoms with E-state index in [-0.39, 0.29) is 0 Å². The van der Waals surface area contributed by atoms with Crippen LogP contribution in [0.3, 0.4) is 0 Å². The minimum atomic E-state index is -4.35. The number of nitrogen functional groups attached to an aromatic ring is 1. The highest BCUT2D eigenvalue weighted by Crippen LogP contribution is 2.36. The van der Waals surface area contributed by atoms with Crippen molar-refractivity contribution in [2.45, 2.75) is 13.1 Å². The number of rotatable bonds is 1. The maximum Gasteiger partial charge on any atom is 0.416 e. The molecule has 0 fully saturated rings. The Labute approximate surface area is 123 Å². The molecule has 0 amide bonds. The lowest BCUT2D eigenvalue weighted by molar-refractivity contribution is -0.137. The summed E-state index contributed by atoms with van der Waals surface area (Å²) >= 11 is 1.37. The third kappa shape index (κ3) is 2.58. The van der Waals surface area contributed by atoms with E-state index >= 15 is 0 Å². The molecule has 0 atom stereocenters. The molecule has 1 heterocycles. The van der Waals surface area contributed by atoms with Crippen molar-refractivity contribution in [3.63, 3.8) is 0 Å². The Bertz CT molecular complexity index is 821. The minimum Gasteiger partial charge on any atom is -0.399 e. The molecule has 0 bridgehead atoms. The van der Waals surface area contributed by atoms with Crippen LogP contribution in [0, 0.1) is 6.92 Å². The number of alkyl halides is 3. The van der Waals surface area contributed by atoms with Gasteiger partial charge in [0.25, 0.3) is 0 Å². The summed E-state index contributed by atoms with van der Waals surface area (Å²) < 4.78 is 38.9. The Morgan fingerprint density at radius 1 is 1.10 bits per heavy atom. The van der Waals surface area contributed by atoms with Crippen LogP contribution in [0.1, 0.15) is 11.1 Å². The topological polar surface area (TPSA) is 38.9 Å². The van der Waals surface area contributed by atoms with E-state index in [1.807, 2.05) is 19.1 Å². The molecule has 0 saturated heterocycles. The number of aromatic nitrogens is 1. The first-order valence-corrected chi connectivity index (χ1v) is 7.00. The second-order valence-electron chi connectivity index (χ2n) is 4.77. The van der Waals surface area contributed by atoms with Crippen LogP contribution < -0.4 is 5.73 Å². The molecule has 108 valence electrons. The van der Waals surface area contributed by atoms with Gasteiger partial charge in [0.15, 0.2) is 0 Å². The van der Waals surface area contributed by atoms with Crippen LogP contribution in [0.15, 0.2) is 36.4 Å². The van der Waals surface area contributed by atoms with Crippen molar-refractivity contribution < 1.29 is 13.2 Å². The molecule has 0 aliphatic rings. The molecule has 3 rings (SSSR count). The predicted molar refractivity (Wildman–Crippen MR) is 79.2 cm³/mol. The third-order valence-corrected chi connectivity index (χ3v) is 4.27. The van der Waals surface area contributed by atoms with Crippen LogP contribution in [0.25, 0.3) is 20.8 Å². The summed E-state index contributed by atoms with van der Waals surface area (Å²) in [6.07, 6.45) is -4.35.